The minimum absolute atomic E-state index is 0.00382. The summed E-state index contributed by atoms with van der Waals surface area (Å²) in [5, 5.41) is 28.0. The molecule has 0 spiro atoms. The Morgan fingerprint density at radius 2 is 1.96 bits per heavy atom. The lowest BCUT2D eigenvalue weighted by molar-refractivity contribution is -0.150. The molecule has 2 saturated heterocycles. The lowest BCUT2D eigenvalue weighted by Crippen LogP contribution is -2.69. The molecule has 4 bridgehead atoms. The normalized spacial score (nSPS) is 29.3. The maximum atomic E-state index is 13.3. The molecule has 236 valence electrons. The van der Waals surface area contributed by atoms with Gasteiger partial charge >= 0.3 is 11.9 Å². The Kier molecular flexibility index (Phi) is 7.22. The molecule has 7 rings (SSSR count). The Labute approximate surface area is 263 Å². The van der Waals surface area contributed by atoms with E-state index in [2.05, 4.69) is 21.6 Å². The average Bonchev–Trinajstić information content (AvgIpc) is 3.50. The number of phenolic OH excluding ortho intramolecular Hbond substituents is 1. The predicted octanol–water partition coefficient (Wildman–Crippen LogP) is 2.09. The summed E-state index contributed by atoms with van der Waals surface area (Å²) in [6.07, 6.45) is 0.469. The molecule has 0 aliphatic carbocycles. The number of amides is 1. The summed E-state index contributed by atoms with van der Waals surface area (Å²) < 4.78 is 29.2. The number of benzene rings is 2. The summed E-state index contributed by atoms with van der Waals surface area (Å²) in [6, 6.07) is 2.46. The number of methoxy groups -OCH3 is 1. The third kappa shape index (κ3) is 4.47. The van der Waals surface area contributed by atoms with Gasteiger partial charge in [0.15, 0.2) is 23.0 Å². The Balaban J connectivity index is 1.52. The monoisotopic (exact) mass is 636 g/mol. The van der Waals surface area contributed by atoms with E-state index in [0.717, 1.165) is 5.56 Å². The van der Waals surface area contributed by atoms with E-state index in [1.54, 1.807) is 13.0 Å². The molecule has 45 heavy (non-hydrogen) atoms. The molecule has 5 heterocycles. The van der Waals surface area contributed by atoms with Crippen LogP contribution in [0.1, 0.15) is 59.0 Å². The number of fused-ring (bicyclic) bond motifs is 9. The number of esters is 2. The van der Waals surface area contributed by atoms with Crippen molar-refractivity contribution in [2.45, 2.75) is 68.7 Å². The third-order valence-electron chi connectivity index (χ3n) is 9.25. The number of ether oxygens (including phenoxy) is 5. The quantitative estimate of drug-likeness (QED) is 0.331. The van der Waals surface area contributed by atoms with E-state index in [1.165, 1.54) is 32.7 Å². The highest BCUT2D eigenvalue weighted by Gasteiger charge is 2.58. The molecule has 1 amide bonds. The van der Waals surface area contributed by atoms with Crippen LogP contribution in [0.3, 0.4) is 0 Å². The Bertz CT molecular complexity index is 1680. The van der Waals surface area contributed by atoms with Crippen LogP contribution in [0.5, 0.6) is 28.7 Å². The van der Waals surface area contributed by atoms with Crippen LogP contribution in [0.2, 0.25) is 0 Å². The fourth-order valence-corrected chi connectivity index (χ4v) is 9.11. The number of carbonyl (C=O) groups excluding carboxylic acids is 3. The number of nitrogens with zero attached hydrogens (tertiary/aromatic N) is 2. The standard InChI is InChI=1S/C31H32N4O9S/c1-12-27(44-14(3)37)23-22(29-28(12)42-11-43-29)19-9-41-31(39)17(33-13(2)36)10-45-30(23)25-24-21-15(5-6-20(40-4)26(21)38)7-16(34-24)18(8-32)35(19)25/h5-6,16-19,24-25,30,34,38H,7,9-11H2,1-4H3,(H,33,36)/t16?,17?,18-,19-,24?,25?,30+/m0/s1. The topological polar surface area (TPSA) is 169 Å². The molecule has 7 atom stereocenters. The van der Waals surface area contributed by atoms with Crippen molar-refractivity contribution in [1.29, 1.82) is 5.26 Å². The van der Waals surface area contributed by atoms with Gasteiger partial charge in [-0.3, -0.25) is 14.5 Å². The van der Waals surface area contributed by atoms with Gasteiger partial charge in [0.2, 0.25) is 12.7 Å². The molecule has 13 nitrogen and oxygen atoms in total. The van der Waals surface area contributed by atoms with E-state index in [9.17, 15) is 24.8 Å². The first-order chi connectivity index (χ1) is 21.6. The van der Waals surface area contributed by atoms with Gasteiger partial charge in [-0.05, 0) is 25.0 Å². The van der Waals surface area contributed by atoms with Crippen molar-refractivity contribution in [3.8, 4) is 34.8 Å². The summed E-state index contributed by atoms with van der Waals surface area (Å²) >= 11 is 1.38. The number of hydrogen-bond donors (Lipinski definition) is 3. The number of phenols is 1. The van der Waals surface area contributed by atoms with Crippen molar-refractivity contribution < 1.29 is 43.2 Å². The second-order valence-corrected chi connectivity index (χ2v) is 12.9. The fourth-order valence-electron chi connectivity index (χ4n) is 7.60. The lowest BCUT2D eigenvalue weighted by atomic mass is 9.72. The summed E-state index contributed by atoms with van der Waals surface area (Å²) in [4.78, 5) is 40.0. The van der Waals surface area contributed by atoms with Crippen molar-refractivity contribution in [2.75, 3.05) is 26.3 Å². The van der Waals surface area contributed by atoms with Crippen molar-refractivity contribution in [3.05, 3.63) is 39.9 Å². The van der Waals surface area contributed by atoms with Gasteiger partial charge in [-0.2, -0.15) is 5.26 Å². The van der Waals surface area contributed by atoms with Crippen molar-refractivity contribution >= 4 is 29.6 Å². The van der Waals surface area contributed by atoms with Crippen LogP contribution >= 0.6 is 11.8 Å². The van der Waals surface area contributed by atoms with Crippen LogP contribution in [0.15, 0.2) is 12.1 Å². The zero-order chi connectivity index (χ0) is 31.7. The number of carbonyl (C=O) groups is 3. The first-order valence-corrected chi connectivity index (χ1v) is 15.7. The Morgan fingerprint density at radius 3 is 2.67 bits per heavy atom. The number of nitriles is 1. The molecule has 0 saturated carbocycles. The zero-order valence-electron chi connectivity index (χ0n) is 25.0. The summed E-state index contributed by atoms with van der Waals surface area (Å²) in [5.74, 6) is 0.125. The number of nitrogens with one attached hydrogen (secondary N) is 2. The van der Waals surface area contributed by atoms with E-state index < -0.39 is 47.4 Å². The summed E-state index contributed by atoms with van der Waals surface area (Å²) in [7, 11) is 1.49. The van der Waals surface area contributed by atoms with Crippen molar-refractivity contribution in [3.63, 3.8) is 0 Å². The van der Waals surface area contributed by atoms with E-state index in [1.807, 2.05) is 6.07 Å². The first kappa shape index (κ1) is 29.5. The molecule has 3 N–H and O–H groups in total. The molecule has 2 aromatic carbocycles. The van der Waals surface area contributed by atoms with Gasteiger partial charge in [0, 0.05) is 53.9 Å². The van der Waals surface area contributed by atoms with Gasteiger partial charge < -0.3 is 39.4 Å². The number of rotatable bonds is 3. The van der Waals surface area contributed by atoms with E-state index in [-0.39, 0.29) is 36.9 Å². The first-order valence-electron chi connectivity index (χ1n) is 14.7. The molecule has 0 aromatic heterocycles. The molecule has 14 heteroatoms. The lowest BCUT2D eigenvalue weighted by Gasteiger charge is -2.59. The third-order valence-corrected chi connectivity index (χ3v) is 10.6. The highest BCUT2D eigenvalue weighted by molar-refractivity contribution is 7.99. The molecule has 5 aliphatic heterocycles. The van der Waals surface area contributed by atoms with Crippen molar-refractivity contribution in [2.24, 2.45) is 0 Å². The number of cyclic esters (lactones) is 1. The SMILES string of the molecule is COc1ccc2c(c1O)C1NC(C2)[C@H](C#N)N2C1[C@@H]1SCC(NC(C)=O)C(=O)OC[C@H]2c2c3c(c(C)c(OC(C)=O)c21)OCO3. The number of thioether (sulfide) groups is 1. The van der Waals surface area contributed by atoms with Gasteiger partial charge in [0.05, 0.1) is 30.5 Å². The van der Waals surface area contributed by atoms with Crippen LogP contribution in [0, 0.1) is 18.3 Å². The smallest absolute Gasteiger partial charge is 0.329 e. The van der Waals surface area contributed by atoms with E-state index in [0.29, 0.717) is 51.7 Å². The molecule has 0 radical (unpaired) electrons. The largest absolute Gasteiger partial charge is 0.504 e. The van der Waals surface area contributed by atoms with E-state index >= 15 is 0 Å². The molecule has 2 aromatic rings. The second kappa shape index (κ2) is 11.0. The van der Waals surface area contributed by atoms with Crippen LogP contribution in [-0.2, 0) is 25.5 Å². The number of piperazine rings is 1. The van der Waals surface area contributed by atoms with Gasteiger partial charge in [0.1, 0.15) is 24.4 Å². The highest BCUT2D eigenvalue weighted by atomic mass is 32.2. The Morgan fingerprint density at radius 1 is 1.18 bits per heavy atom. The summed E-state index contributed by atoms with van der Waals surface area (Å²) in [6.45, 7) is 4.22. The highest BCUT2D eigenvalue weighted by Crippen LogP contribution is 2.62. The van der Waals surface area contributed by atoms with Gasteiger partial charge in [-0.25, -0.2) is 4.79 Å². The molecular weight excluding hydrogens is 604 g/mol. The van der Waals surface area contributed by atoms with Gasteiger partial charge in [0.25, 0.3) is 0 Å². The fraction of sp³-hybridized carbons (Fsp3) is 0.484. The minimum Gasteiger partial charge on any atom is -0.504 e. The predicted molar refractivity (Wildman–Crippen MR) is 158 cm³/mol. The van der Waals surface area contributed by atoms with Crippen LogP contribution in [0.25, 0.3) is 0 Å². The maximum absolute atomic E-state index is 13.3. The van der Waals surface area contributed by atoms with Crippen LogP contribution < -0.4 is 29.6 Å². The van der Waals surface area contributed by atoms with E-state index in [4.69, 9.17) is 23.7 Å². The Hall–Kier alpha value is -4.19. The zero-order valence-corrected chi connectivity index (χ0v) is 25.9. The molecular formula is C31H32N4O9S. The molecule has 5 aliphatic rings. The molecule has 2 fully saturated rings. The number of hydrogen-bond acceptors (Lipinski definition) is 13. The van der Waals surface area contributed by atoms with Crippen LogP contribution in [0.4, 0.5) is 0 Å². The van der Waals surface area contributed by atoms with Crippen molar-refractivity contribution in [1.82, 2.24) is 15.5 Å². The molecule has 4 unspecified atom stereocenters. The van der Waals surface area contributed by atoms with Gasteiger partial charge in [-0.1, -0.05) is 6.07 Å². The maximum Gasteiger partial charge on any atom is 0.329 e. The second-order valence-electron chi connectivity index (χ2n) is 11.7. The minimum atomic E-state index is -0.945. The summed E-state index contributed by atoms with van der Waals surface area (Å²) in [5.41, 5.74) is 3.41. The van der Waals surface area contributed by atoms with Gasteiger partial charge in [-0.15, -0.1) is 11.8 Å². The number of aromatic hydroxyl groups is 1. The average molecular weight is 637 g/mol. The van der Waals surface area contributed by atoms with Crippen LogP contribution in [-0.4, -0.2) is 78.3 Å².